The molecule has 0 saturated heterocycles. The first-order valence-electron chi connectivity index (χ1n) is 12.2. The lowest BCUT2D eigenvalue weighted by Gasteiger charge is -2.30. The van der Waals surface area contributed by atoms with Crippen molar-refractivity contribution >= 4 is 16.9 Å². The van der Waals surface area contributed by atoms with Gasteiger partial charge in [0.1, 0.15) is 11.6 Å². The number of furan rings is 1. The molecule has 2 amide bonds. The molecule has 7 nitrogen and oxygen atoms in total. The number of aromatic nitrogens is 2. The number of carbonyl (C=O) groups excluding carboxylic acids is 1. The molecule has 0 aliphatic heterocycles. The maximum atomic E-state index is 13.7. The molecule has 3 aromatic carbocycles. The van der Waals surface area contributed by atoms with Crippen molar-refractivity contribution in [2.75, 3.05) is 0 Å². The summed E-state index contributed by atoms with van der Waals surface area (Å²) in [4.78, 5) is 33.7. The molecule has 2 aromatic heterocycles. The van der Waals surface area contributed by atoms with Crippen LogP contribution in [-0.2, 0) is 19.6 Å². The minimum Gasteiger partial charge on any atom is -0.467 e. The maximum Gasteiger partial charge on any atom is 0.318 e. The Kier molecular flexibility index (Phi) is 7.12. The largest absolute Gasteiger partial charge is 0.467 e. The van der Waals surface area contributed by atoms with Crippen LogP contribution in [0.3, 0.4) is 0 Å². The van der Waals surface area contributed by atoms with E-state index in [1.807, 2.05) is 91.9 Å². The normalized spacial score (nSPS) is 11.8. The van der Waals surface area contributed by atoms with Crippen LogP contribution in [0.15, 0.2) is 113 Å². The number of urea groups is 1. The van der Waals surface area contributed by atoms with Crippen LogP contribution in [0.2, 0.25) is 0 Å². The second-order valence-electron chi connectivity index (χ2n) is 8.89. The number of hydrogen-bond donors (Lipinski definition) is 1. The van der Waals surface area contributed by atoms with E-state index in [0.717, 1.165) is 11.1 Å². The van der Waals surface area contributed by atoms with E-state index >= 15 is 0 Å². The summed E-state index contributed by atoms with van der Waals surface area (Å²) in [5.74, 6) is 1.15. The van der Waals surface area contributed by atoms with Crippen LogP contribution < -0.4 is 10.9 Å². The van der Waals surface area contributed by atoms with Gasteiger partial charge in [0.25, 0.3) is 5.56 Å². The summed E-state index contributed by atoms with van der Waals surface area (Å²) in [6, 6.07) is 29.6. The van der Waals surface area contributed by atoms with Gasteiger partial charge in [0, 0.05) is 6.54 Å². The van der Waals surface area contributed by atoms with E-state index in [4.69, 9.17) is 9.40 Å². The molecule has 0 spiro atoms. The van der Waals surface area contributed by atoms with E-state index in [1.165, 1.54) is 0 Å². The summed E-state index contributed by atoms with van der Waals surface area (Å²) in [6.45, 7) is 2.84. The molecule has 0 bridgehead atoms. The molecular formula is C30H28N4O3. The zero-order chi connectivity index (χ0) is 25.6. The number of fused-ring (bicyclic) bond motifs is 1. The van der Waals surface area contributed by atoms with Gasteiger partial charge in [0.05, 0.1) is 36.3 Å². The Morgan fingerprint density at radius 2 is 1.59 bits per heavy atom. The molecule has 1 N–H and O–H groups in total. The lowest BCUT2D eigenvalue weighted by Crippen LogP contribution is -2.42. The zero-order valence-corrected chi connectivity index (χ0v) is 20.6. The Labute approximate surface area is 215 Å². The van der Waals surface area contributed by atoms with Crippen LogP contribution in [0.25, 0.3) is 10.9 Å². The van der Waals surface area contributed by atoms with Gasteiger partial charge >= 0.3 is 6.03 Å². The van der Waals surface area contributed by atoms with E-state index < -0.39 is 6.04 Å². The van der Waals surface area contributed by atoms with Crippen molar-refractivity contribution in [3.8, 4) is 0 Å². The minimum atomic E-state index is -0.526. The van der Waals surface area contributed by atoms with Crippen molar-refractivity contribution in [1.29, 1.82) is 0 Å². The molecule has 186 valence electrons. The molecule has 5 rings (SSSR count). The standard InChI is InChI=1S/C30H28N4O3/c1-22(33(21-25-15-10-18-37-25)30(36)31-19-23-11-4-2-5-12-23)28-32-27-17-9-8-16-26(27)29(35)34(28)20-24-13-6-3-7-14-24/h2-18,22H,19-21H2,1H3,(H,31,36). The number of benzene rings is 3. The fourth-order valence-electron chi connectivity index (χ4n) is 4.39. The van der Waals surface area contributed by atoms with Gasteiger partial charge in [-0.1, -0.05) is 72.8 Å². The predicted molar refractivity (Wildman–Crippen MR) is 143 cm³/mol. The fourth-order valence-corrected chi connectivity index (χ4v) is 4.39. The third-order valence-electron chi connectivity index (χ3n) is 6.37. The van der Waals surface area contributed by atoms with E-state index in [0.29, 0.717) is 35.6 Å². The highest BCUT2D eigenvalue weighted by molar-refractivity contribution is 5.78. The summed E-state index contributed by atoms with van der Waals surface area (Å²) in [6.07, 6.45) is 1.58. The number of rotatable bonds is 8. The quantitative estimate of drug-likeness (QED) is 0.310. The number of para-hydroxylation sites is 1. The number of nitrogens with zero attached hydrogens (tertiary/aromatic N) is 3. The van der Waals surface area contributed by atoms with Gasteiger partial charge in [-0.25, -0.2) is 9.78 Å². The van der Waals surface area contributed by atoms with E-state index in [-0.39, 0.29) is 18.1 Å². The van der Waals surface area contributed by atoms with Crippen molar-refractivity contribution in [3.05, 3.63) is 136 Å². The Bertz CT molecular complexity index is 1530. The average molecular weight is 493 g/mol. The van der Waals surface area contributed by atoms with E-state index in [2.05, 4.69) is 5.32 Å². The molecular weight excluding hydrogens is 464 g/mol. The highest BCUT2D eigenvalue weighted by atomic mass is 16.3. The first-order chi connectivity index (χ1) is 18.1. The monoisotopic (exact) mass is 492 g/mol. The number of nitrogens with one attached hydrogen (secondary N) is 1. The van der Waals surface area contributed by atoms with Crippen molar-refractivity contribution in [2.24, 2.45) is 0 Å². The SMILES string of the molecule is CC(c1nc2ccccc2c(=O)n1Cc1ccccc1)N(Cc1ccco1)C(=O)NCc1ccccc1. The molecule has 37 heavy (non-hydrogen) atoms. The van der Waals surface area contributed by atoms with Gasteiger partial charge in [0.2, 0.25) is 0 Å². The second kappa shape index (κ2) is 11.0. The average Bonchev–Trinajstić information content (AvgIpc) is 3.46. The molecule has 5 aromatic rings. The fraction of sp³-hybridized carbons (Fsp3) is 0.167. The highest BCUT2D eigenvalue weighted by Crippen LogP contribution is 2.23. The van der Waals surface area contributed by atoms with Crippen molar-refractivity contribution in [3.63, 3.8) is 0 Å². The van der Waals surface area contributed by atoms with E-state index in [9.17, 15) is 9.59 Å². The Balaban J connectivity index is 1.54. The van der Waals surface area contributed by atoms with E-state index in [1.54, 1.807) is 27.9 Å². The Morgan fingerprint density at radius 3 is 2.30 bits per heavy atom. The van der Waals surface area contributed by atoms with Gasteiger partial charge in [-0.05, 0) is 42.3 Å². The predicted octanol–water partition coefficient (Wildman–Crippen LogP) is 5.51. The summed E-state index contributed by atoms with van der Waals surface area (Å²) < 4.78 is 7.24. The van der Waals surface area contributed by atoms with Crippen LogP contribution in [0.4, 0.5) is 4.79 Å². The first-order valence-corrected chi connectivity index (χ1v) is 12.2. The molecule has 7 heteroatoms. The second-order valence-corrected chi connectivity index (χ2v) is 8.89. The lowest BCUT2D eigenvalue weighted by molar-refractivity contribution is 0.164. The lowest BCUT2D eigenvalue weighted by atomic mass is 10.1. The van der Waals surface area contributed by atoms with Crippen LogP contribution in [0.5, 0.6) is 0 Å². The minimum absolute atomic E-state index is 0.140. The van der Waals surface area contributed by atoms with Crippen molar-refractivity contribution in [2.45, 2.75) is 32.6 Å². The number of amides is 2. The third kappa shape index (κ3) is 5.46. The summed E-state index contributed by atoms with van der Waals surface area (Å²) in [5.41, 5.74) is 2.42. The van der Waals surface area contributed by atoms with Gasteiger partial charge in [0.15, 0.2) is 0 Å². The van der Waals surface area contributed by atoms with Gasteiger partial charge in [-0.2, -0.15) is 0 Å². The molecule has 0 aliphatic carbocycles. The smallest absolute Gasteiger partial charge is 0.318 e. The zero-order valence-electron chi connectivity index (χ0n) is 20.6. The van der Waals surface area contributed by atoms with Gasteiger partial charge < -0.3 is 14.6 Å². The topological polar surface area (TPSA) is 80.4 Å². The molecule has 1 unspecified atom stereocenters. The van der Waals surface area contributed by atoms with Crippen LogP contribution in [0.1, 0.15) is 35.7 Å². The number of carbonyl (C=O) groups is 1. The van der Waals surface area contributed by atoms with Gasteiger partial charge in [-0.3, -0.25) is 9.36 Å². The summed E-state index contributed by atoms with van der Waals surface area (Å²) in [5, 5.41) is 3.56. The van der Waals surface area contributed by atoms with Crippen LogP contribution in [0, 0.1) is 0 Å². The van der Waals surface area contributed by atoms with Crippen LogP contribution >= 0.6 is 0 Å². The van der Waals surface area contributed by atoms with Crippen LogP contribution in [-0.4, -0.2) is 20.5 Å². The Morgan fingerprint density at radius 1 is 0.919 bits per heavy atom. The van der Waals surface area contributed by atoms with Crippen molar-refractivity contribution in [1.82, 2.24) is 19.8 Å². The maximum absolute atomic E-state index is 13.7. The number of hydrogen-bond acceptors (Lipinski definition) is 4. The molecule has 2 heterocycles. The molecule has 0 fully saturated rings. The Hall–Kier alpha value is -4.65. The molecule has 0 aliphatic rings. The molecule has 0 radical (unpaired) electrons. The van der Waals surface area contributed by atoms with Gasteiger partial charge in [-0.15, -0.1) is 0 Å². The first kappa shape index (κ1) is 24.1. The van der Waals surface area contributed by atoms with Crippen molar-refractivity contribution < 1.29 is 9.21 Å². The molecule has 1 atom stereocenters. The summed E-state index contributed by atoms with van der Waals surface area (Å²) in [7, 11) is 0. The highest BCUT2D eigenvalue weighted by Gasteiger charge is 2.27. The summed E-state index contributed by atoms with van der Waals surface area (Å²) >= 11 is 0. The molecule has 0 saturated carbocycles. The third-order valence-corrected chi connectivity index (χ3v) is 6.37.